The van der Waals surface area contributed by atoms with Crippen LogP contribution in [0, 0.1) is 17.7 Å². The third-order valence-electron chi connectivity index (χ3n) is 4.60. The first kappa shape index (κ1) is 16.5. The Kier molecular flexibility index (Phi) is 4.27. The van der Waals surface area contributed by atoms with Gasteiger partial charge in [-0.1, -0.05) is 17.9 Å². The van der Waals surface area contributed by atoms with Crippen molar-refractivity contribution >= 4 is 10.9 Å². The lowest BCUT2D eigenvalue weighted by Crippen LogP contribution is -2.24. The van der Waals surface area contributed by atoms with E-state index in [1.807, 2.05) is 0 Å². The van der Waals surface area contributed by atoms with Crippen molar-refractivity contribution in [2.24, 2.45) is 0 Å². The van der Waals surface area contributed by atoms with Crippen molar-refractivity contribution in [3.8, 4) is 11.8 Å². The van der Waals surface area contributed by atoms with Gasteiger partial charge in [-0.25, -0.2) is 9.37 Å². The normalized spacial score (nSPS) is 16.5. The largest absolute Gasteiger partial charge is 0.393 e. The highest BCUT2D eigenvalue weighted by atomic mass is 19.1. The standard InChI is InChI=1S/C21H17FN2O2/c22-16-3-1-2-14(12-16)4-5-15-6-8-18-19(13-15)23-20-9-7-17(25)10-11-24(20)21(18)26/h1-3,6,8,12-13,17,25H,7,9-11H2. The van der Waals surface area contributed by atoms with Crippen LogP contribution in [-0.2, 0) is 13.0 Å². The third-order valence-corrected chi connectivity index (χ3v) is 4.60. The van der Waals surface area contributed by atoms with E-state index in [2.05, 4.69) is 16.8 Å². The van der Waals surface area contributed by atoms with Crippen molar-refractivity contribution in [2.45, 2.75) is 31.9 Å². The Morgan fingerprint density at radius 3 is 2.73 bits per heavy atom. The molecule has 0 bridgehead atoms. The summed E-state index contributed by atoms with van der Waals surface area (Å²) in [5.74, 6) is 6.30. The first-order chi connectivity index (χ1) is 12.6. The Morgan fingerprint density at radius 2 is 1.92 bits per heavy atom. The lowest BCUT2D eigenvalue weighted by atomic mass is 10.1. The average Bonchev–Trinajstić information content (AvgIpc) is 2.82. The third kappa shape index (κ3) is 3.24. The van der Waals surface area contributed by atoms with Crippen molar-refractivity contribution in [3.63, 3.8) is 0 Å². The molecule has 0 fully saturated rings. The van der Waals surface area contributed by atoms with Crippen LogP contribution in [0.2, 0.25) is 0 Å². The van der Waals surface area contributed by atoms with Crippen molar-refractivity contribution in [1.82, 2.24) is 9.55 Å². The van der Waals surface area contributed by atoms with Gasteiger partial charge < -0.3 is 5.11 Å². The molecule has 1 unspecified atom stereocenters. The molecule has 4 rings (SSSR count). The molecule has 1 aliphatic rings. The first-order valence-corrected chi connectivity index (χ1v) is 8.59. The summed E-state index contributed by atoms with van der Waals surface area (Å²) in [6.45, 7) is 0.486. The molecule has 0 saturated heterocycles. The number of hydrogen-bond donors (Lipinski definition) is 1. The predicted octanol–water partition coefficient (Wildman–Crippen LogP) is 2.63. The Labute approximate surface area is 149 Å². The topological polar surface area (TPSA) is 55.1 Å². The molecular weight excluding hydrogens is 331 g/mol. The second kappa shape index (κ2) is 6.74. The van der Waals surface area contributed by atoms with Gasteiger partial charge in [0.1, 0.15) is 11.6 Å². The quantitative estimate of drug-likeness (QED) is 0.636. The molecule has 2 heterocycles. The maximum atomic E-state index is 13.2. The van der Waals surface area contributed by atoms with Crippen molar-refractivity contribution in [2.75, 3.05) is 0 Å². The van der Waals surface area contributed by atoms with Gasteiger partial charge in [0.25, 0.3) is 5.56 Å². The summed E-state index contributed by atoms with van der Waals surface area (Å²) in [7, 11) is 0. The van der Waals surface area contributed by atoms with E-state index in [4.69, 9.17) is 0 Å². The van der Waals surface area contributed by atoms with Gasteiger partial charge >= 0.3 is 0 Å². The molecule has 26 heavy (non-hydrogen) atoms. The molecular formula is C21H17FN2O2. The van der Waals surface area contributed by atoms with Crippen LogP contribution in [-0.4, -0.2) is 20.8 Å². The number of nitrogens with zero attached hydrogens (tertiary/aromatic N) is 2. The number of rotatable bonds is 0. The zero-order valence-corrected chi connectivity index (χ0v) is 14.1. The van der Waals surface area contributed by atoms with Gasteiger partial charge in [-0.3, -0.25) is 9.36 Å². The second-order valence-corrected chi connectivity index (χ2v) is 6.46. The summed E-state index contributed by atoms with van der Waals surface area (Å²) >= 11 is 0. The minimum absolute atomic E-state index is 0.0799. The highest BCUT2D eigenvalue weighted by Gasteiger charge is 2.17. The molecule has 2 aromatic carbocycles. The number of aliphatic hydroxyl groups excluding tert-OH is 1. The van der Waals surface area contributed by atoms with Crippen LogP contribution in [0.4, 0.5) is 4.39 Å². The zero-order valence-electron chi connectivity index (χ0n) is 14.1. The summed E-state index contributed by atoms with van der Waals surface area (Å²) in [5.41, 5.74) is 1.83. The highest BCUT2D eigenvalue weighted by Crippen LogP contribution is 2.16. The van der Waals surface area contributed by atoms with Gasteiger partial charge in [-0.15, -0.1) is 0 Å². The minimum Gasteiger partial charge on any atom is -0.393 e. The Morgan fingerprint density at radius 1 is 1.12 bits per heavy atom. The molecule has 0 saturated carbocycles. The lowest BCUT2D eigenvalue weighted by molar-refractivity contribution is 0.155. The Hall–Kier alpha value is -2.97. The van der Waals surface area contributed by atoms with E-state index in [1.54, 1.807) is 34.9 Å². The van der Waals surface area contributed by atoms with Gasteiger partial charge in [0.15, 0.2) is 0 Å². The molecule has 5 heteroatoms. The van der Waals surface area contributed by atoms with Crippen LogP contribution in [0.3, 0.4) is 0 Å². The summed E-state index contributed by atoms with van der Waals surface area (Å²) in [6.07, 6.45) is 1.35. The van der Waals surface area contributed by atoms with E-state index in [0.717, 1.165) is 0 Å². The van der Waals surface area contributed by atoms with Crippen LogP contribution in [0.25, 0.3) is 10.9 Å². The van der Waals surface area contributed by atoms with Crippen LogP contribution < -0.4 is 5.56 Å². The van der Waals surface area contributed by atoms with Gasteiger partial charge in [-0.05, 0) is 49.2 Å². The minimum atomic E-state index is -0.396. The van der Waals surface area contributed by atoms with Crippen LogP contribution >= 0.6 is 0 Å². The SMILES string of the molecule is O=c1c2ccc(C#Cc3cccc(F)c3)cc2nc2n1CCC(O)CC2. The number of aryl methyl sites for hydroxylation is 1. The summed E-state index contributed by atoms with van der Waals surface area (Å²) in [4.78, 5) is 17.3. The number of aromatic nitrogens is 2. The van der Waals surface area contributed by atoms with E-state index in [-0.39, 0.29) is 11.4 Å². The Bertz CT molecular complexity index is 1110. The van der Waals surface area contributed by atoms with Gasteiger partial charge in [0.05, 0.1) is 17.0 Å². The molecule has 0 spiro atoms. The second-order valence-electron chi connectivity index (χ2n) is 6.46. The maximum Gasteiger partial charge on any atom is 0.261 e. The molecule has 1 aliphatic heterocycles. The smallest absolute Gasteiger partial charge is 0.261 e. The zero-order chi connectivity index (χ0) is 18.1. The van der Waals surface area contributed by atoms with Gasteiger partial charge in [0.2, 0.25) is 0 Å². The van der Waals surface area contributed by atoms with E-state index < -0.39 is 6.10 Å². The maximum absolute atomic E-state index is 13.2. The van der Waals surface area contributed by atoms with Crippen LogP contribution in [0.5, 0.6) is 0 Å². The highest BCUT2D eigenvalue weighted by molar-refractivity contribution is 5.79. The van der Waals surface area contributed by atoms with Crippen molar-refractivity contribution in [1.29, 1.82) is 0 Å². The average molecular weight is 348 g/mol. The fourth-order valence-electron chi connectivity index (χ4n) is 3.19. The van der Waals surface area contributed by atoms with E-state index in [9.17, 15) is 14.3 Å². The number of benzene rings is 2. The number of halogens is 1. The molecule has 1 aromatic heterocycles. The van der Waals surface area contributed by atoms with Crippen molar-refractivity contribution < 1.29 is 9.50 Å². The van der Waals surface area contributed by atoms with Gasteiger partial charge in [-0.2, -0.15) is 0 Å². The molecule has 0 radical (unpaired) electrons. The predicted molar refractivity (Wildman–Crippen MR) is 97.3 cm³/mol. The van der Waals surface area contributed by atoms with Crippen LogP contribution in [0.15, 0.2) is 47.3 Å². The Balaban J connectivity index is 1.75. The van der Waals surface area contributed by atoms with Gasteiger partial charge in [0, 0.05) is 24.1 Å². The summed E-state index contributed by atoms with van der Waals surface area (Å²) in [6, 6.07) is 11.4. The number of hydrogen-bond acceptors (Lipinski definition) is 3. The van der Waals surface area contributed by atoms with E-state index in [1.165, 1.54) is 12.1 Å². The first-order valence-electron chi connectivity index (χ1n) is 8.59. The van der Waals surface area contributed by atoms with E-state index >= 15 is 0 Å². The fraction of sp³-hybridized carbons (Fsp3) is 0.238. The van der Waals surface area contributed by atoms with Crippen molar-refractivity contribution in [3.05, 3.63) is 75.6 Å². The van der Waals surface area contributed by atoms with Crippen LogP contribution in [0.1, 0.15) is 29.8 Å². The number of fused-ring (bicyclic) bond motifs is 2. The molecule has 0 aliphatic carbocycles. The number of aliphatic hydroxyl groups is 1. The van der Waals surface area contributed by atoms with E-state index in [0.29, 0.717) is 53.7 Å². The molecule has 130 valence electrons. The molecule has 0 amide bonds. The lowest BCUT2D eigenvalue weighted by Gasteiger charge is -2.10. The monoisotopic (exact) mass is 348 g/mol. The molecule has 1 atom stereocenters. The summed E-state index contributed by atoms with van der Waals surface area (Å²) in [5, 5.41) is 10.4. The molecule has 3 aromatic rings. The summed E-state index contributed by atoms with van der Waals surface area (Å²) < 4.78 is 14.9. The molecule has 4 nitrogen and oxygen atoms in total. The molecule has 1 N–H and O–H groups in total. The fourth-order valence-corrected chi connectivity index (χ4v) is 3.19.